The molecule has 1 unspecified atom stereocenters. The topological polar surface area (TPSA) is 70.6 Å². The lowest BCUT2D eigenvalue weighted by molar-refractivity contribution is 0.572. The molecule has 0 aliphatic heterocycles. The number of aliphatic imine (C=N–C) groups is 1. The highest BCUT2D eigenvalue weighted by atomic mass is 127. The molecule has 0 heterocycles. The smallest absolute Gasteiger partial charge is 0.191 e. The molecule has 0 bridgehead atoms. The van der Waals surface area contributed by atoms with Crippen LogP contribution in [0.4, 0.5) is 0 Å². The summed E-state index contributed by atoms with van der Waals surface area (Å²) in [6, 6.07) is 0.0926. The van der Waals surface area contributed by atoms with Crippen LogP contribution in [0.3, 0.4) is 0 Å². The Kier molecular flexibility index (Phi) is 17.0. The van der Waals surface area contributed by atoms with Crippen molar-refractivity contribution in [2.75, 3.05) is 25.6 Å². The van der Waals surface area contributed by atoms with Crippen LogP contribution < -0.4 is 10.6 Å². The van der Waals surface area contributed by atoms with Gasteiger partial charge in [-0.1, -0.05) is 45.4 Å². The molecule has 0 aliphatic rings. The highest BCUT2D eigenvalue weighted by Gasteiger charge is 2.09. The van der Waals surface area contributed by atoms with E-state index in [9.17, 15) is 8.42 Å². The third kappa shape index (κ3) is 18.1. The largest absolute Gasteiger partial charge is 0.356 e. The summed E-state index contributed by atoms with van der Waals surface area (Å²) in [5.41, 5.74) is 0. The molecule has 0 radical (unpaired) electrons. The summed E-state index contributed by atoms with van der Waals surface area (Å²) >= 11 is 0. The average molecular weight is 461 g/mol. The summed E-state index contributed by atoms with van der Waals surface area (Å²) < 4.78 is 22.3. The van der Waals surface area contributed by atoms with Crippen molar-refractivity contribution in [3.05, 3.63) is 0 Å². The van der Waals surface area contributed by atoms with Gasteiger partial charge in [0.25, 0.3) is 0 Å². The van der Waals surface area contributed by atoms with E-state index in [2.05, 4.69) is 22.5 Å². The number of nitrogens with zero attached hydrogens (tertiary/aromatic N) is 1. The fraction of sp³-hybridized carbons (Fsp3) is 0.938. The van der Waals surface area contributed by atoms with E-state index in [-0.39, 0.29) is 35.8 Å². The van der Waals surface area contributed by atoms with Crippen molar-refractivity contribution in [2.24, 2.45) is 4.99 Å². The second-order valence-electron chi connectivity index (χ2n) is 6.08. The van der Waals surface area contributed by atoms with E-state index >= 15 is 0 Å². The Morgan fingerprint density at radius 1 is 1.09 bits per heavy atom. The van der Waals surface area contributed by atoms with E-state index in [1.807, 2.05) is 6.92 Å². The maximum Gasteiger partial charge on any atom is 0.191 e. The number of nitrogens with one attached hydrogen (secondary N) is 2. The second kappa shape index (κ2) is 15.5. The SMILES string of the molecule is CCCCCCCCCNC(=NC)NC(C)CCS(C)(=O)=O.I. The number of hydrogen-bond donors (Lipinski definition) is 2. The van der Waals surface area contributed by atoms with Gasteiger partial charge in [-0.25, -0.2) is 8.42 Å². The molecule has 0 amide bonds. The first-order valence-corrected chi connectivity index (χ1v) is 10.6. The maximum absolute atomic E-state index is 11.2. The third-order valence-corrected chi connectivity index (χ3v) is 4.58. The van der Waals surface area contributed by atoms with Crippen molar-refractivity contribution in [1.29, 1.82) is 0 Å². The van der Waals surface area contributed by atoms with E-state index < -0.39 is 9.84 Å². The standard InChI is InChI=1S/C16H35N3O2S.HI/c1-5-6-7-8-9-10-11-13-18-16(17-3)19-15(2)12-14-22(4,20)21;/h15H,5-14H2,1-4H3,(H2,17,18,19);1H. The zero-order valence-electron chi connectivity index (χ0n) is 15.2. The van der Waals surface area contributed by atoms with Crippen molar-refractivity contribution >= 4 is 39.8 Å². The monoisotopic (exact) mass is 461 g/mol. The summed E-state index contributed by atoms with van der Waals surface area (Å²) in [4.78, 5) is 4.18. The first-order chi connectivity index (χ1) is 10.4. The van der Waals surface area contributed by atoms with Crippen LogP contribution in [0.5, 0.6) is 0 Å². The van der Waals surface area contributed by atoms with Crippen LogP contribution in [-0.2, 0) is 9.84 Å². The molecular weight excluding hydrogens is 425 g/mol. The van der Waals surface area contributed by atoms with Gasteiger partial charge in [0.1, 0.15) is 9.84 Å². The van der Waals surface area contributed by atoms with E-state index in [1.54, 1.807) is 7.05 Å². The fourth-order valence-electron chi connectivity index (χ4n) is 2.18. The molecule has 0 saturated carbocycles. The number of halogens is 1. The van der Waals surface area contributed by atoms with E-state index in [0.29, 0.717) is 6.42 Å². The predicted molar refractivity (Wildman–Crippen MR) is 112 cm³/mol. The van der Waals surface area contributed by atoms with Gasteiger partial charge in [0.05, 0.1) is 5.75 Å². The minimum atomic E-state index is -2.90. The molecule has 0 aliphatic carbocycles. The van der Waals surface area contributed by atoms with Gasteiger partial charge in [0.15, 0.2) is 5.96 Å². The molecule has 1 atom stereocenters. The first-order valence-electron chi connectivity index (χ1n) is 8.54. The first kappa shape index (κ1) is 25.2. The molecule has 2 N–H and O–H groups in total. The molecule has 5 nitrogen and oxygen atoms in total. The number of rotatable bonds is 12. The molecule has 140 valence electrons. The van der Waals surface area contributed by atoms with Crippen LogP contribution in [-0.4, -0.2) is 46.0 Å². The second-order valence-corrected chi connectivity index (χ2v) is 8.34. The Morgan fingerprint density at radius 3 is 2.17 bits per heavy atom. The number of unbranched alkanes of at least 4 members (excludes halogenated alkanes) is 6. The lowest BCUT2D eigenvalue weighted by Crippen LogP contribution is -2.43. The average Bonchev–Trinajstić information content (AvgIpc) is 2.46. The molecule has 0 saturated heterocycles. The fourth-order valence-corrected chi connectivity index (χ4v) is 2.96. The molecule has 0 fully saturated rings. The van der Waals surface area contributed by atoms with Crippen molar-refractivity contribution in [3.63, 3.8) is 0 Å². The lowest BCUT2D eigenvalue weighted by atomic mass is 10.1. The van der Waals surface area contributed by atoms with E-state index in [0.717, 1.165) is 18.9 Å². The number of guanidine groups is 1. The molecule has 0 aromatic rings. The third-order valence-electron chi connectivity index (χ3n) is 3.60. The van der Waals surface area contributed by atoms with Gasteiger partial charge in [-0.05, 0) is 19.8 Å². The van der Waals surface area contributed by atoms with Gasteiger partial charge < -0.3 is 10.6 Å². The van der Waals surface area contributed by atoms with Crippen LogP contribution in [0.25, 0.3) is 0 Å². The Morgan fingerprint density at radius 2 is 1.65 bits per heavy atom. The van der Waals surface area contributed by atoms with Gasteiger partial charge in [0, 0.05) is 25.9 Å². The summed E-state index contributed by atoms with van der Waals surface area (Å²) in [6.07, 6.45) is 10.9. The van der Waals surface area contributed by atoms with Gasteiger partial charge in [0.2, 0.25) is 0 Å². The molecule has 0 aromatic heterocycles. The van der Waals surface area contributed by atoms with E-state index in [1.165, 1.54) is 44.8 Å². The predicted octanol–water partition coefficient (Wildman–Crippen LogP) is 3.34. The number of sulfone groups is 1. The Labute approximate surface area is 160 Å². The van der Waals surface area contributed by atoms with Crippen LogP contribution >= 0.6 is 24.0 Å². The van der Waals surface area contributed by atoms with Crippen molar-refractivity contribution in [1.82, 2.24) is 10.6 Å². The molecule has 0 spiro atoms. The summed E-state index contributed by atoms with van der Waals surface area (Å²) in [5, 5.41) is 6.52. The minimum Gasteiger partial charge on any atom is -0.356 e. The van der Waals surface area contributed by atoms with Crippen LogP contribution in [0.15, 0.2) is 4.99 Å². The molecule has 0 aromatic carbocycles. The normalized spacial score (nSPS) is 13.3. The summed E-state index contributed by atoms with van der Waals surface area (Å²) in [5.74, 6) is 0.961. The van der Waals surface area contributed by atoms with Crippen LogP contribution in [0.2, 0.25) is 0 Å². The Bertz CT molecular complexity index is 400. The molecular formula is C16H36IN3O2S. The Hall–Kier alpha value is -0.0500. The van der Waals surface area contributed by atoms with E-state index in [4.69, 9.17) is 0 Å². The summed E-state index contributed by atoms with van der Waals surface area (Å²) in [7, 11) is -1.16. The van der Waals surface area contributed by atoms with Gasteiger partial charge in [-0.3, -0.25) is 4.99 Å². The highest BCUT2D eigenvalue weighted by molar-refractivity contribution is 14.0. The lowest BCUT2D eigenvalue weighted by Gasteiger charge is -2.17. The zero-order chi connectivity index (χ0) is 16.8. The molecule has 7 heteroatoms. The zero-order valence-corrected chi connectivity index (χ0v) is 18.4. The van der Waals surface area contributed by atoms with Crippen molar-refractivity contribution < 1.29 is 8.42 Å². The van der Waals surface area contributed by atoms with Crippen molar-refractivity contribution in [3.8, 4) is 0 Å². The van der Waals surface area contributed by atoms with Crippen molar-refractivity contribution in [2.45, 2.75) is 71.3 Å². The molecule has 23 heavy (non-hydrogen) atoms. The highest BCUT2D eigenvalue weighted by Crippen LogP contribution is 2.06. The number of hydrogen-bond acceptors (Lipinski definition) is 3. The maximum atomic E-state index is 11.2. The van der Waals surface area contributed by atoms with Gasteiger partial charge in [-0.2, -0.15) is 0 Å². The van der Waals surface area contributed by atoms with Gasteiger partial charge in [-0.15, -0.1) is 24.0 Å². The Balaban J connectivity index is 0. The van der Waals surface area contributed by atoms with Crippen LogP contribution in [0, 0.1) is 0 Å². The van der Waals surface area contributed by atoms with Gasteiger partial charge >= 0.3 is 0 Å². The van der Waals surface area contributed by atoms with Crippen LogP contribution in [0.1, 0.15) is 65.2 Å². The molecule has 0 rings (SSSR count). The quantitative estimate of drug-likeness (QED) is 0.202. The summed E-state index contributed by atoms with van der Waals surface area (Å²) in [6.45, 7) is 5.12. The minimum absolute atomic E-state index is 0.